The lowest BCUT2D eigenvalue weighted by molar-refractivity contribution is -0.112. The molecular formula is C15H18IN3O. The molecule has 0 aliphatic carbocycles. The Morgan fingerprint density at radius 1 is 1.50 bits per heavy atom. The van der Waals surface area contributed by atoms with Crippen LogP contribution in [-0.2, 0) is 4.79 Å². The quantitative estimate of drug-likeness (QED) is 0.343. The molecule has 1 aromatic rings. The average Bonchev–Trinajstić information content (AvgIpc) is 2.42. The van der Waals surface area contributed by atoms with Gasteiger partial charge in [0.2, 0.25) is 0 Å². The number of nitrogens with one attached hydrogen (secondary N) is 2. The van der Waals surface area contributed by atoms with E-state index in [1.54, 1.807) is 0 Å². The predicted octanol–water partition coefficient (Wildman–Crippen LogP) is 3.34. The summed E-state index contributed by atoms with van der Waals surface area (Å²) in [5.74, 6) is -0.388. The normalized spacial score (nSPS) is 10.8. The van der Waals surface area contributed by atoms with E-state index in [0.29, 0.717) is 0 Å². The lowest BCUT2D eigenvalue weighted by atomic mass is 10.2. The highest BCUT2D eigenvalue weighted by Crippen LogP contribution is 2.18. The van der Waals surface area contributed by atoms with Crippen molar-refractivity contribution in [2.45, 2.75) is 26.7 Å². The van der Waals surface area contributed by atoms with Crippen LogP contribution in [0.1, 0.15) is 25.3 Å². The summed E-state index contributed by atoms with van der Waals surface area (Å²) in [7, 11) is 0. The summed E-state index contributed by atoms with van der Waals surface area (Å²) in [6.07, 6.45) is 3.55. The smallest absolute Gasteiger partial charge is 0.267 e. The van der Waals surface area contributed by atoms with Crippen molar-refractivity contribution >= 4 is 34.2 Å². The summed E-state index contributed by atoms with van der Waals surface area (Å²) < 4.78 is 1.11. The minimum absolute atomic E-state index is 0.0825. The molecule has 0 aliphatic rings. The van der Waals surface area contributed by atoms with Crippen molar-refractivity contribution in [1.29, 1.82) is 5.26 Å². The molecule has 0 atom stereocenters. The third kappa shape index (κ3) is 5.21. The fourth-order valence-corrected chi connectivity index (χ4v) is 2.21. The maximum atomic E-state index is 12.0. The van der Waals surface area contributed by atoms with Gasteiger partial charge in [0.25, 0.3) is 5.91 Å². The van der Waals surface area contributed by atoms with Gasteiger partial charge in [-0.25, -0.2) is 0 Å². The second kappa shape index (κ2) is 8.59. The van der Waals surface area contributed by atoms with Crippen molar-refractivity contribution in [3.8, 4) is 6.07 Å². The highest BCUT2D eigenvalue weighted by atomic mass is 127. The van der Waals surface area contributed by atoms with E-state index in [4.69, 9.17) is 5.26 Å². The molecule has 0 aliphatic heterocycles. The third-order valence-electron chi connectivity index (χ3n) is 2.72. The monoisotopic (exact) mass is 383 g/mol. The van der Waals surface area contributed by atoms with Gasteiger partial charge in [-0.05, 0) is 59.7 Å². The maximum Gasteiger partial charge on any atom is 0.267 e. The molecule has 4 nitrogen and oxygen atoms in total. The number of halogens is 1. The van der Waals surface area contributed by atoms with Gasteiger partial charge in [0.05, 0.1) is 0 Å². The van der Waals surface area contributed by atoms with Gasteiger partial charge in [-0.2, -0.15) is 5.26 Å². The minimum atomic E-state index is -0.388. The summed E-state index contributed by atoms with van der Waals surface area (Å²) in [5, 5.41) is 14.8. The zero-order valence-electron chi connectivity index (χ0n) is 11.7. The van der Waals surface area contributed by atoms with Crippen molar-refractivity contribution in [2.24, 2.45) is 0 Å². The van der Waals surface area contributed by atoms with E-state index in [-0.39, 0.29) is 11.5 Å². The van der Waals surface area contributed by atoms with Crippen molar-refractivity contribution in [1.82, 2.24) is 5.32 Å². The molecule has 106 valence electrons. The second-order valence-corrected chi connectivity index (χ2v) is 5.64. The van der Waals surface area contributed by atoms with Crippen molar-refractivity contribution in [2.75, 3.05) is 11.9 Å². The third-order valence-corrected chi connectivity index (χ3v) is 3.39. The van der Waals surface area contributed by atoms with Gasteiger partial charge in [0.1, 0.15) is 11.6 Å². The molecule has 0 saturated heterocycles. The van der Waals surface area contributed by atoms with E-state index in [9.17, 15) is 4.79 Å². The number of nitriles is 1. The molecular weight excluding hydrogens is 365 g/mol. The van der Waals surface area contributed by atoms with E-state index in [1.807, 2.05) is 31.2 Å². The Morgan fingerprint density at radius 3 is 2.85 bits per heavy atom. The first-order valence-corrected chi connectivity index (χ1v) is 7.57. The summed E-state index contributed by atoms with van der Waals surface area (Å²) >= 11 is 2.22. The molecule has 0 bridgehead atoms. The molecule has 0 radical (unpaired) electrons. The van der Waals surface area contributed by atoms with E-state index < -0.39 is 0 Å². The van der Waals surface area contributed by atoms with Crippen LogP contribution in [0, 0.1) is 21.8 Å². The molecule has 0 heterocycles. The SMILES string of the molecule is CCCCN/C=C(/C#N)C(=O)Nc1ccc(I)cc1C. The molecule has 5 heteroatoms. The van der Waals surface area contributed by atoms with Crippen LogP contribution in [0.2, 0.25) is 0 Å². The number of benzene rings is 1. The number of rotatable bonds is 6. The van der Waals surface area contributed by atoms with Crippen LogP contribution in [-0.4, -0.2) is 12.5 Å². The van der Waals surface area contributed by atoms with Crippen LogP contribution in [0.25, 0.3) is 0 Å². The van der Waals surface area contributed by atoms with Crippen LogP contribution in [0.5, 0.6) is 0 Å². The number of carbonyl (C=O) groups excluding carboxylic acids is 1. The average molecular weight is 383 g/mol. The molecule has 0 unspecified atom stereocenters. The largest absolute Gasteiger partial charge is 0.390 e. The van der Waals surface area contributed by atoms with Crippen LogP contribution in [0.4, 0.5) is 5.69 Å². The molecule has 2 N–H and O–H groups in total. The summed E-state index contributed by atoms with van der Waals surface area (Å²) in [6, 6.07) is 7.65. The minimum Gasteiger partial charge on any atom is -0.390 e. The van der Waals surface area contributed by atoms with E-state index in [0.717, 1.165) is 34.2 Å². The van der Waals surface area contributed by atoms with Gasteiger partial charge in [-0.1, -0.05) is 13.3 Å². The summed E-state index contributed by atoms with van der Waals surface area (Å²) in [5.41, 5.74) is 1.78. The summed E-state index contributed by atoms with van der Waals surface area (Å²) in [4.78, 5) is 12.0. The number of hydrogen-bond donors (Lipinski definition) is 2. The van der Waals surface area contributed by atoms with Crippen molar-refractivity contribution in [3.05, 3.63) is 39.1 Å². The topological polar surface area (TPSA) is 64.9 Å². The van der Waals surface area contributed by atoms with Gasteiger partial charge in [0.15, 0.2) is 0 Å². The number of nitrogens with zero attached hydrogens (tertiary/aromatic N) is 1. The zero-order valence-corrected chi connectivity index (χ0v) is 13.8. The number of anilines is 1. The van der Waals surface area contributed by atoms with Crippen molar-refractivity contribution in [3.63, 3.8) is 0 Å². The zero-order chi connectivity index (χ0) is 15.0. The standard InChI is InChI=1S/C15H18IN3O/c1-3-4-7-18-10-12(9-17)15(20)19-14-6-5-13(16)8-11(14)2/h5-6,8,10,18H,3-4,7H2,1-2H3,(H,19,20)/b12-10-. The molecule has 0 spiro atoms. The lowest BCUT2D eigenvalue weighted by Crippen LogP contribution is -2.17. The van der Waals surface area contributed by atoms with Gasteiger partial charge >= 0.3 is 0 Å². The fraction of sp³-hybridized carbons (Fsp3) is 0.333. The Labute approximate surface area is 133 Å². The van der Waals surface area contributed by atoms with Gasteiger partial charge in [0, 0.05) is 22.0 Å². The Kier molecular flexibility index (Phi) is 7.09. The van der Waals surface area contributed by atoms with E-state index in [2.05, 4.69) is 40.1 Å². The first-order valence-electron chi connectivity index (χ1n) is 6.49. The fourth-order valence-electron chi connectivity index (χ4n) is 1.56. The summed E-state index contributed by atoms with van der Waals surface area (Å²) in [6.45, 7) is 4.77. The number of amides is 1. The van der Waals surface area contributed by atoms with Crippen LogP contribution in [0.15, 0.2) is 30.0 Å². The first kappa shape index (κ1) is 16.5. The predicted molar refractivity (Wildman–Crippen MR) is 89.1 cm³/mol. The van der Waals surface area contributed by atoms with Gasteiger partial charge in [-0.3, -0.25) is 4.79 Å². The lowest BCUT2D eigenvalue weighted by Gasteiger charge is -2.08. The van der Waals surface area contributed by atoms with Crippen LogP contribution >= 0.6 is 22.6 Å². The Bertz CT molecular complexity index is 547. The van der Waals surface area contributed by atoms with Gasteiger partial charge in [-0.15, -0.1) is 0 Å². The van der Waals surface area contributed by atoms with E-state index >= 15 is 0 Å². The molecule has 1 amide bonds. The molecule has 0 fully saturated rings. The Balaban J connectivity index is 2.70. The molecule has 0 aromatic heterocycles. The number of unbranched alkanes of at least 4 members (excludes halogenated alkanes) is 1. The van der Waals surface area contributed by atoms with Crippen molar-refractivity contribution < 1.29 is 4.79 Å². The highest BCUT2D eigenvalue weighted by Gasteiger charge is 2.10. The molecule has 1 aromatic carbocycles. The number of hydrogen-bond acceptors (Lipinski definition) is 3. The Morgan fingerprint density at radius 2 is 2.25 bits per heavy atom. The highest BCUT2D eigenvalue weighted by molar-refractivity contribution is 14.1. The molecule has 1 rings (SSSR count). The van der Waals surface area contributed by atoms with E-state index in [1.165, 1.54) is 6.20 Å². The maximum absolute atomic E-state index is 12.0. The van der Waals surface area contributed by atoms with Crippen LogP contribution < -0.4 is 10.6 Å². The first-order chi connectivity index (χ1) is 9.58. The number of carbonyl (C=O) groups is 1. The Hall–Kier alpha value is -1.55. The van der Waals surface area contributed by atoms with Gasteiger partial charge < -0.3 is 10.6 Å². The molecule has 20 heavy (non-hydrogen) atoms. The van der Waals surface area contributed by atoms with Crippen LogP contribution in [0.3, 0.4) is 0 Å². The molecule has 0 saturated carbocycles. The number of aryl methyl sites for hydroxylation is 1. The second-order valence-electron chi connectivity index (χ2n) is 4.39.